The second-order valence-electron chi connectivity index (χ2n) is 11.4. The van der Waals surface area contributed by atoms with Crippen LogP contribution >= 0.6 is 0 Å². The van der Waals surface area contributed by atoms with Crippen LogP contribution < -0.4 is 4.90 Å². The van der Waals surface area contributed by atoms with Gasteiger partial charge in [0.2, 0.25) is 0 Å². The molecule has 0 saturated heterocycles. The molecule has 202 valence electrons. The Hall–Kier alpha value is -1.76. The van der Waals surface area contributed by atoms with Crippen LogP contribution in [0.3, 0.4) is 0 Å². The van der Waals surface area contributed by atoms with Crippen LogP contribution in [0.2, 0.25) is 0 Å². The Morgan fingerprint density at radius 1 is 0.583 bits per heavy atom. The van der Waals surface area contributed by atoms with Crippen molar-refractivity contribution in [1.29, 1.82) is 0 Å². The van der Waals surface area contributed by atoms with Gasteiger partial charge < -0.3 is 4.90 Å². The van der Waals surface area contributed by atoms with Crippen molar-refractivity contribution >= 4 is 11.4 Å². The van der Waals surface area contributed by atoms with E-state index in [-0.39, 0.29) is 0 Å². The number of anilines is 2. The number of para-hydroxylation sites is 2. The number of benzene rings is 2. The van der Waals surface area contributed by atoms with Crippen molar-refractivity contribution in [3.05, 3.63) is 60.7 Å². The Bertz CT molecular complexity index is 725. The summed E-state index contributed by atoms with van der Waals surface area (Å²) in [6.07, 6.45) is 17.4. The zero-order valence-electron chi connectivity index (χ0n) is 24.6. The maximum atomic E-state index is 2.66. The Kier molecular flexibility index (Phi) is 14.3. The SMILES string of the molecule is CCCCC(CC)CC(CC)(CC(CC)CCCC)CC(CC)N(c1ccccc1)c1ccccc1. The molecule has 0 saturated carbocycles. The predicted molar refractivity (Wildman–Crippen MR) is 162 cm³/mol. The summed E-state index contributed by atoms with van der Waals surface area (Å²) in [5.41, 5.74) is 3.07. The first-order valence-corrected chi connectivity index (χ1v) is 15.4. The zero-order valence-corrected chi connectivity index (χ0v) is 24.6. The molecule has 0 spiro atoms. The van der Waals surface area contributed by atoms with E-state index in [2.05, 4.69) is 107 Å². The highest BCUT2D eigenvalue weighted by Gasteiger charge is 2.37. The minimum absolute atomic E-state index is 0.408. The number of unbranched alkanes of at least 4 members (excludes halogenated alkanes) is 2. The summed E-state index contributed by atoms with van der Waals surface area (Å²) in [6, 6.07) is 22.8. The normalized spacial score (nSPS) is 15.7. The average Bonchev–Trinajstić information content (AvgIpc) is 2.93. The monoisotopic (exact) mass is 491 g/mol. The van der Waals surface area contributed by atoms with Crippen molar-refractivity contribution in [3.63, 3.8) is 0 Å². The Morgan fingerprint density at radius 2 is 1.03 bits per heavy atom. The van der Waals surface area contributed by atoms with Gasteiger partial charge in [-0.15, -0.1) is 0 Å². The van der Waals surface area contributed by atoms with Gasteiger partial charge in [0, 0.05) is 17.4 Å². The first-order valence-electron chi connectivity index (χ1n) is 15.4. The van der Waals surface area contributed by atoms with Gasteiger partial charge in [-0.2, -0.15) is 0 Å². The van der Waals surface area contributed by atoms with Gasteiger partial charge in [-0.3, -0.25) is 0 Å². The second kappa shape index (κ2) is 16.9. The van der Waals surface area contributed by atoms with Gasteiger partial charge in [0.1, 0.15) is 0 Å². The van der Waals surface area contributed by atoms with Crippen LogP contribution in [0.5, 0.6) is 0 Å². The highest BCUT2D eigenvalue weighted by Crippen LogP contribution is 2.47. The highest BCUT2D eigenvalue weighted by atomic mass is 15.2. The molecule has 0 amide bonds. The van der Waals surface area contributed by atoms with Gasteiger partial charge in [-0.05, 0) is 67.2 Å². The third-order valence-electron chi connectivity index (χ3n) is 8.85. The van der Waals surface area contributed by atoms with Crippen LogP contribution in [0, 0.1) is 17.3 Å². The molecule has 0 aliphatic carbocycles. The molecule has 0 N–H and O–H groups in total. The number of hydrogen-bond acceptors (Lipinski definition) is 1. The first-order chi connectivity index (χ1) is 17.6. The average molecular weight is 492 g/mol. The Morgan fingerprint density at radius 3 is 1.36 bits per heavy atom. The number of nitrogens with zero attached hydrogens (tertiary/aromatic N) is 1. The maximum absolute atomic E-state index is 2.66. The third-order valence-corrected chi connectivity index (χ3v) is 8.85. The van der Waals surface area contributed by atoms with E-state index in [9.17, 15) is 0 Å². The third kappa shape index (κ3) is 9.28. The summed E-state index contributed by atoms with van der Waals surface area (Å²) in [7, 11) is 0. The number of hydrogen-bond donors (Lipinski definition) is 0. The van der Waals surface area contributed by atoms with Crippen LogP contribution in [-0.4, -0.2) is 6.04 Å². The van der Waals surface area contributed by atoms with Gasteiger partial charge in [-0.1, -0.05) is 136 Å². The van der Waals surface area contributed by atoms with E-state index < -0.39 is 0 Å². The van der Waals surface area contributed by atoms with Crippen LogP contribution in [0.1, 0.15) is 125 Å². The fourth-order valence-corrected chi connectivity index (χ4v) is 6.46. The van der Waals surface area contributed by atoms with E-state index >= 15 is 0 Å². The van der Waals surface area contributed by atoms with E-state index in [1.54, 1.807) is 0 Å². The summed E-state index contributed by atoms with van der Waals surface area (Å²) >= 11 is 0. The standard InChI is InChI=1S/C35H57N/c1-7-13-21-30(9-3)27-35(12-6,28-31(10-4)22-14-8-2)29-32(11-5)36(33-23-17-15-18-24-33)34-25-19-16-20-26-34/h15-20,23-26,30-32H,7-14,21-22,27-29H2,1-6H3. The molecule has 1 heteroatoms. The lowest BCUT2D eigenvalue weighted by molar-refractivity contribution is 0.116. The lowest BCUT2D eigenvalue weighted by Crippen LogP contribution is -2.38. The molecule has 36 heavy (non-hydrogen) atoms. The van der Waals surface area contributed by atoms with E-state index in [0.717, 1.165) is 11.8 Å². The molecule has 0 radical (unpaired) electrons. The largest absolute Gasteiger partial charge is 0.338 e. The summed E-state index contributed by atoms with van der Waals surface area (Å²) in [5, 5.41) is 0. The quantitative estimate of drug-likeness (QED) is 0.189. The molecule has 2 aromatic carbocycles. The molecule has 2 rings (SSSR count). The van der Waals surface area contributed by atoms with E-state index in [4.69, 9.17) is 0 Å². The van der Waals surface area contributed by atoms with Gasteiger partial charge in [0.25, 0.3) is 0 Å². The molecule has 1 nitrogen and oxygen atoms in total. The van der Waals surface area contributed by atoms with Crippen LogP contribution in [-0.2, 0) is 0 Å². The smallest absolute Gasteiger partial charge is 0.0413 e. The Labute approximate surface area is 225 Å². The van der Waals surface area contributed by atoms with Gasteiger partial charge in [0.05, 0.1) is 0 Å². The fraction of sp³-hybridized carbons (Fsp3) is 0.657. The molecular weight excluding hydrogens is 434 g/mol. The predicted octanol–water partition coefficient (Wildman–Crippen LogP) is 11.6. The van der Waals surface area contributed by atoms with Crippen LogP contribution in [0.25, 0.3) is 0 Å². The van der Waals surface area contributed by atoms with Crippen LogP contribution in [0.4, 0.5) is 11.4 Å². The summed E-state index contributed by atoms with van der Waals surface area (Å²) in [5.74, 6) is 1.71. The molecule has 2 aromatic rings. The molecule has 3 unspecified atom stereocenters. The van der Waals surface area contributed by atoms with E-state index in [0.29, 0.717) is 11.5 Å². The molecule has 0 aliphatic rings. The maximum Gasteiger partial charge on any atom is 0.0413 e. The minimum Gasteiger partial charge on any atom is -0.338 e. The summed E-state index contributed by atoms with van der Waals surface area (Å²) in [4.78, 5) is 2.66. The molecular formula is C35H57N. The van der Waals surface area contributed by atoms with Crippen molar-refractivity contribution < 1.29 is 0 Å². The highest BCUT2D eigenvalue weighted by molar-refractivity contribution is 5.64. The van der Waals surface area contributed by atoms with Gasteiger partial charge in [0.15, 0.2) is 0 Å². The molecule has 0 aliphatic heterocycles. The summed E-state index contributed by atoms with van der Waals surface area (Å²) < 4.78 is 0. The number of rotatable bonds is 19. The fourth-order valence-electron chi connectivity index (χ4n) is 6.46. The van der Waals surface area contributed by atoms with E-state index in [1.165, 1.54) is 94.8 Å². The molecule has 3 atom stereocenters. The topological polar surface area (TPSA) is 3.24 Å². The van der Waals surface area contributed by atoms with Crippen LogP contribution in [0.15, 0.2) is 60.7 Å². The molecule has 0 fully saturated rings. The minimum atomic E-state index is 0.408. The zero-order chi connectivity index (χ0) is 26.2. The second-order valence-corrected chi connectivity index (χ2v) is 11.4. The molecule has 0 bridgehead atoms. The van der Waals surface area contributed by atoms with Crippen molar-refractivity contribution in [1.82, 2.24) is 0 Å². The molecule has 0 aromatic heterocycles. The van der Waals surface area contributed by atoms with Crippen molar-refractivity contribution in [2.75, 3.05) is 4.90 Å². The Balaban J connectivity index is 2.46. The van der Waals surface area contributed by atoms with Gasteiger partial charge >= 0.3 is 0 Å². The summed E-state index contributed by atoms with van der Waals surface area (Å²) in [6.45, 7) is 14.5. The van der Waals surface area contributed by atoms with Crippen molar-refractivity contribution in [2.45, 2.75) is 131 Å². The van der Waals surface area contributed by atoms with E-state index in [1.807, 2.05) is 0 Å². The van der Waals surface area contributed by atoms with Gasteiger partial charge in [-0.25, -0.2) is 0 Å². The molecule has 0 heterocycles. The lowest BCUT2D eigenvalue weighted by atomic mass is 9.65. The van der Waals surface area contributed by atoms with Crippen molar-refractivity contribution in [3.8, 4) is 0 Å². The first kappa shape index (κ1) is 30.5. The lowest BCUT2D eigenvalue weighted by Gasteiger charge is -2.44. The van der Waals surface area contributed by atoms with Crippen molar-refractivity contribution in [2.24, 2.45) is 17.3 Å².